The van der Waals surface area contributed by atoms with Crippen molar-refractivity contribution in [3.05, 3.63) is 88.4 Å². The van der Waals surface area contributed by atoms with Crippen LogP contribution in [0.25, 0.3) is 5.69 Å². The first kappa shape index (κ1) is 21.1. The molecule has 4 aromatic rings. The minimum absolute atomic E-state index is 0.0758. The van der Waals surface area contributed by atoms with Crippen molar-refractivity contribution >= 4 is 31.7 Å². The van der Waals surface area contributed by atoms with Gasteiger partial charge >= 0.3 is 5.97 Å². The van der Waals surface area contributed by atoms with Crippen molar-refractivity contribution in [2.45, 2.75) is 23.6 Å². The van der Waals surface area contributed by atoms with E-state index in [0.29, 0.717) is 10.4 Å². The standard InChI is InChI=1S/C22H17BrN2O5S/c1-14-8-10-17(11-9-14)31(27,28)20-15(2)24-25(16-6-4-3-5-7-16)21(20)30-22(26)18-12-13-19(23)29-18/h3-13H,1-2H3. The van der Waals surface area contributed by atoms with Gasteiger partial charge in [0, 0.05) is 0 Å². The highest BCUT2D eigenvalue weighted by Gasteiger charge is 2.32. The summed E-state index contributed by atoms with van der Waals surface area (Å²) < 4.78 is 39.4. The molecule has 2 heterocycles. The van der Waals surface area contributed by atoms with E-state index in [4.69, 9.17) is 9.15 Å². The molecule has 0 unspecified atom stereocenters. The van der Waals surface area contributed by atoms with Crippen molar-refractivity contribution in [1.29, 1.82) is 0 Å². The Kier molecular flexibility index (Phi) is 5.55. The minimum Gasteiger partial charge on any atom is -0.442 e. The number of hydrogen-bond donors (Lipinski definition) is 0. The van der Waals surface area contributed by atoms with Crippen LogP contribution in [0.5, 0.6) is 5.88 Å². The molecule has 4 rings (SSSR count). The molecule has 0 spiro atoms. The second-order valence-electron chi connectivity index (χ2n) is 6.78. The van der Waals surface area contributed by atoms with E-state index in [-0.39, 0.29) is 27.1 Å². The summed E-state index contributed by atoms with van der Waals surface area (Å²) in [6, 6.07) is 18.2. The predicted molar refractivity (Wildman–Crippen MR) is 116 cm³/mol. The summed E-state index contributed by atoms with van der Waals surface area (Å²) in [7, 11) is -4.03. The number of aryl methyl sites for hydroxylation is 2. The highest BCUT2D eigenvalue weighted by atomic mass is 79.9. The maximum Gasteiger partial charge on any atom is 0.381 e. The second-order valence-corrected chi connectivity index (χ2v) is 9.44. The van der Waals surface area contributed by atoms with Gasteiger partial charge in [0.2, 0.25) is 21.5 Å². The largest absolute Gasteiger partial charge is 0.442 e. The van der Waals surface area contributed by atoms with Crippen LogP contribution in [0.1, 0.15) is 21.8 Å². The molecule has 0 saturated heterocycles. The lowest BCUT2D eigenvalue weighted by atomic mass is 10.2. The summed E-state index contributed by atoms with van der Waals surface area (Å²) in [5.74, 6) is -1.13. The number of nitrogens with zero attached hydrogens (tertiary/aromatic N) is 2. The molecule has 0 amide bonds. The Hall–Kier alpha value is -3.17. The highest BCUT2D eigenvalue weighted by Crippen LogP contribution is 2.35. The number of benzene rings is 2. The van der Waals surface area contributed by atoms with Crippen LogP contribution in [0.4, 0.5) is 0 Å². The minimum atomic E-state index is -4.03. The molecule has 0 saturated carbocycles. The van der Waals surface area contributed by atoms with E-state index in [1.54, 1.807) is 49.4 Å². The van der Waals surface area contributed by atoms with Gasteiger partial charge in [-0.25, -0.2) is 13.2 Å². The van der Waals surface area contributed by atoms with E-state index in [1.807, 2.05) is 13.0 Å². The van der Waals surface area contributed by atoms with Crippen molar-refractivity contribution in [2.24, 2.45) is 0 Å². The number of ether oxygens (including phenoxy) is 1. The van der Waals surface area contributed by atoms with Gasteiger partial charge in [-0.3, -0.25) is 0 Å². The number of sulfone groups is 1. The Bertz CT molecular complexity index is 1360. The quantitative estimate of drug-likeness (QED) is 0.362. The summed E-state index contributed by atoms with van der Waals surface area (Å²) in [5.41, 5.74) is 1.66. The van der Waals surface area contributed by atoms with Crippen molar-refractivity contribution < 1.29 is 22.4 Å². The molecule has 7 nitrogen and oxygen atoms in total. The first-order valence-electron chi connectivity index (χ1n) is 9.21. The smallest absolute Gasteiger partial charge is 0.381 e. The number of esters is 1. The third-order valence-electron chi connectivity index (χ3n) is 4.53. The molecule has 0 aliphatic carbocycles. The zero-order valence-corrected chi connectivity index (χ0v) is 19.0. The monoisotopic (exact) mass is 500 g/mol. The van der Waals surface area contributed by atoms with Gasteiger partial charge in [0.25, 0.3) is 0 Å². The molecule has 0 fully saturated rings. The summed E-state index contributed by atoms with van der Waals surface area (Å²) in [6.07, 6.45) is 0. The highest BCUT2D eigenvalue weighted by molar-refractivity contribution is 9.10. The topological polar surface area (TPSA) is 91.4 Å². The first-order chi connectivity index (χ1) is 14.8. The lowest BCUT2D eigenvalue weighted by Gasteiger charge is -2.10. The zero-order chi connectivity index (χ0) is 22.2. The molecule has 0 aliphatic heterocycles. The van der Waals surface area contributed by atoms with Crippen molar-refractivity contribution in [3.63, 3.8) is 0 Å². The van der Waals surface area contributed by atoms with E-state index < -0.39 is 15.8 Å². The molecule has 9 heteroatoms. The van der Waals surface area contributed by atoms with Gasteiger partial charge in [0.05, 0.1) is 16.3 Å². The van der Waals surface area contributed by atoms with Crippen LogP contribution >= 0.6 is 15.9 Å². The normalized spacial score (nSPS) is 11.5. The van der Waals surface area contributed by atoms with E-state index in [0.717, 1.165) is 5.56 Å². The lowest BCUT2D eigenvalue weighted by Crippen LogP contribution is -2.14. The van der Waals surface area contributed by atoms with Crippen molar-refractivity contribution in [3.8, 4) is 11.6 Å². The molecule has 158 valence electrons. The molecule has 0 radical (unpaired) electrons. The van der Waals surface area contributed by atoms with Gasteiger partial charge in [-0.05, 0) is 66.2 Å². The van der Waals surface area contributed by atoms with Gasteiger partial charge in [0.1, 0.15) is 0 Å². The molecule has 0 bridgehead atoms. The number of carbonyl (C=O) groups excluding carboxylic acids is 1. The summed E-state index contributed by atoms with van der Waals surface area (Å²) in [4.78, 5) is 12.6. The van der Waals surface area contributed by atoms with Crippen molar-refractivity contribution in [2.75, 3.05) is 0 Å². The van der Waals surface area contributed by atoms with Crippen LogP contribution in [0.15, 0.2) is 85.6 Å². The van der Waals surface area contributed by atoms with Gasteiger partial charge in [0.15, 0.2) is 9.56 Å². The molecule has 2 aromatic carbocycles. The van der Waals surface area contributed by atoms with E-state index in [1.165, 1.54) is 22.9 Å². The molecular formula is C22H17BrN2O5S. The third-order valence-corrected chi connectivity index (χ3v) is 6.86. The molecule has 0 aliphatic rings. The molecule has 31 heavy (non-hydrogen) atoms. The fraction of sp³-hybridized carbons (Fsp3) is 0.0909. The summed E-state index contributed by atoms with van der Waals surface area (Å²) in [6.45, 7) is 3.42. The Balaban J connectivity index is 1.89. The van der Waals surface area contributed by atoms with Crippen LogP contribution in [-0.2, 0) is 9.84 Å². The SMILES string of the molecule is Cc1ccc(S(=O)(=O)c2c(C)nn(-c3ccccc3)c2OC(=O)c2ccc(Br)o2)cc1. The maximum absolute atomic E-state index is 13.5. The number of para-hydroxylation sites is 1. The number of hydrogen-bond acceptors (Lipinski definition) is 6. The fourth-order valence-electron chi connectivity index (χ4n) is 3.03. The number of rotatable bonds is 5. The fourth-order valence-corrected chi connectivity index (χ4v) is 4.86. The van der Waals surface area contributed by atoms with Crippen molar-refractivity contribution in [1.82, 2.24) is 9.78 Å². The van der Waals surface area contributed by atoms with E-state index in [9.17, 15) is 13.2 Å². The van der Waals surface area contributed by atoms with Crippen LogP contribution in [0, 0.1) is 13.8 Å². The maximum atomic E-state index is 13.5. The average Bonchev–Trinajstić information content (AvgIpc) is 3.32. The third kappa shape index (κ3) is 4.06. The Morgan fingerprint density at radius 3 is 2.29 bits per heavy atom. The molecule has 2 aromatic heterocycles. The van der Waals surface area contributed by atoms with Crippen LogP contribution in [0.3, 0.4) is 0 Å². The Morgan fingerprint density at radius 1 is 1.00 bits per heavy atom. The molecular weight excluding hydrogens is 484 g/mol. The number of halogens is 1. The lowest BCUT2D eigenvalue weighted by molar-refractivity contribution is 0.0683. The van der Waals surface area contributed by atoms with E-state index in [2.05, 4.69) is 21.0 Å². The number of aromatic nitrogens is 2. The first-order valence-corrected chi connectivity index (χ1v) is 11.5. The zero-order valence-electron chi connectivity index (χ0n) is 16.6. The Morgan fingerprint density at radius 2 is 1.68 bits per heavy atom. The molecule has 0 atom stereocenters. The summed E-state index contributed by atoms with van der Waals surface area (Å²) >= 11 is 3.14. The van der Waals surface area contributed by atoms with Gasteiger partial charge in [-0.15, -0.1) is 0 Å². The van der Waals surface area contributed by atoms with Crippen LogP contribution in [0.2, 0.25) is 0 Å². The molecule has 0 N–H and O–H groups in total. The van der Waals surface area contributed by atoms with Gasteiger partial charge < -0.3 is 9.15 Å². The number of furan rings is 1. The summed E-state index contributed by atoms with van der Waals surface area (Å²) in [5, 5.41) is 4.36. The van der Waals surface area contributed by atoms with Gasteiger partial charge in [-0.1, -0.05) is 35.9 Å². The average molecular weight is 501 g/mol. The Labute approximate surface area is 187 Å². The predicted octanol–water partition coefficient (Wildman–Crippen LogP) is 4.90. The van der Waals surface area contributed by atoms with E-state index >= 15 is 0 Å². The second kappa shape index (κ2) is 8.16. The van der Waals surface area contributed by atoms with Crippen LogP contribution < -0.4 is 4.74 Å². The number of carbonyl (C=O) groups is 1. The van der Waals surface area contributed by atoms with Crippen LogP contribution in [-0.4, -0.2) is 24.2 Å². The van der Waals surface area contributed by atoms with Gasteiger partial charge in [-0.2, -0.15) is 9.78 Å².